The minimum absolute atomic E-state index is 0.188. The number of carbonyl (C=O) groups is 2. The van der Waals surface area contributed by atoms with Crippen molar-refractivity contribution in [3.05, 3.63) is 41.4 Å². The van der Waals surface area contributed by atoms with Gasteiger partial charge in [-0.25, -0.2) is 4.79 Å². The van der Waals surface area contributed by atoms with Gasteiger partial charge in [-0.15, -0.1) is 0 Å². The number of ether oxygens (including phenoxy) is 2. The van der Waals surface area contributed by atoms with E-state index in [1.54, 1.807) is 0 Å². The smallest absolute Gasteiger partial charge is 0.347 e. The summed E-state index contributed by atoms with van der Waals surface area (Å²) in [6.07, 6.45) is -0.782. The van der Waals surface area contributed by atoms with E-state index in [-0.39, 0.29) is 29.6 Å². The zero-order valence-electron chi connectivity index (χ0n) is 12.6. The molecule has 0 fully saturated rings. The van der Waals surface area contributed by atoms with Crippen LogP contribution in [0.4, 0.5) is 4.39 Å². The lowest BCUT2D eigenvalue weighted by Crippen LogP contribution is -2.34. The number of cyclic esters (lactones) is 1. The second-order valence-electron chi connectivity index (χ2n) is 5.00. The van der Waals surface area contributed by atoms with Crippen molar-refractivity contribution in [2.75, 3.05) is 7.11 Å². The van der Waals surface area contributed by atoms with Crippen LogP contribution < -0.4 is 4.74 Å². The lowest BCUT2D eigenvalue weighted by molar-refractivity contribution is -0.130. The van der Waals surface area contributed by atoms with E-state index in [9.17, 15) is 29.3 Å². The lowest BCUT2D eigenvalue weighted by atomic mass is 10.0. The molecule has 7 nitrogen and oxygen atoms in total. The maximum absolute atomic E-state index is 13.6. The van der Waals surface area contributed by atoms with Crippen LogP contribution in [0.5, 0.6) is 11.5 Å². The highest BCUT2D eigenvalue weighted by molar-refractivity contribution is 5.99. The number of hydrogen-bond donors (Lipinski definition) is 3. The molecule has 0 spiro atoms. The van der Waals surface area contributed by atoms with Crippen molar-refractivity contribution in [3.63, 3.8) is 0 Å². The van der Waals surface area contributed by atoms with E-state index in [4.69, 9.17) is 4.74 Å². The molecule has 1 heterocycles. The first-order chi connectivity index (χ1) is 11.3. The molecule has 3 N–H and O–H groups in total. The molecule has 1 aliphatic heterocycles. The molecule has 0 unspecified atom stereocenters. The molecule has 0 amide bonds. The van der Waals surface area contributed by atoms with Crippen LogP contribution >= 0.6 is 0 Å². The molecule has 1 aromatic carbocycles. The van der Waals surface area contributed by atoms with Crippen LogP contribution in [0.2, 0.25) is 0 Å². The summed E-state index contributed by atoms with van der Waals surface area (Å²) in [7, 11) is 1.36. The number of Topliss-reactive ketones (excluding diaryl/α,β-unsaturated/α-hetero) is 1. The van der Waals surface area contributed by atoms with E-state index in [1.807, 2.05) is 0 Å². The second kappa shape index (κ2) is 7.24. The maximum Gasteiger partial charge on any atom is 0.347 e. The number of phenols is 1. The molecule has 128 valence electrons. The fourth-order valence-corrected chi connectivity index (χ4v) is 2.10. The summed E-state index contributed by atoms with van der Waals surface area (Å²) >= 11 is 0. The predicted molar refractivity (Wildman–Crippen MR) is 79.9 cm³/mol. The molecule has 0 saturated heterocycles. The zero-order valence-corrected chi connectivity index (χ0v) is 12.6. The Kier molecular flexibility index (Phi) is 5.32. The van der Waals surface area contributed by atoms with Crippen LogP contribution in [0.15, 0.2) is 30.3 Å². The number of methoxy groups -OCH3 is 1. The Labute approximate surface area is 136 Å². The van der Waals surface area contributed by atoms with Gasteiger partial charge < -0.3 is 24.8 Å². The van der Waals surface area contributed by atoms with Crippen molar-refractivity contribution in [1.82, 2.24) is 0 Å². The topological polar surface area (TPSA) is 113 Å². The molecular weight excluding hydrogens is 323 g/mol. The molecule has 1 aliphatic rings. The van der Waals surface area contributed by atoms with Gasteiger partial charge in [-0.3, -0.25) is 4.79 Å². The van der Waals surface area contributed by atoms with Crippen LogP contribution in [0.3, 0.4) is 0 Å². The highest BCUT2D eigenvalue weighted by atomic mass is 19.1. The summed E-state index contributed by atoms with van der Waals surface area (Å²) in [4.78, 5) is 23.6. The number of halogens is 1. The summed E-state index contributed by atoms with van der Waals surface area (Å²) in [5.74, 6) is -4.25. The molecule has 1 aromatic rings. The third-order valence-electron chi connectivity index (χ3n) is 3.37. The maximum atomic E-state index is 13.6. The number of aliphatic hydroxyl groups excluding tert-OH is 2. The average Bonchev–Trinajstić information content (AvgIpc) is 2.56. The molecule has 0 aliphatic carbocycles. The summed E-state index contributed by atoms with van der Waals surface area (Å²) in [6, 6.07) is 2.59. The number of aromatic hydroxyl groups is 1. The lowest BCUT2D eigenvalue weighted by Gasteiger charge is -2.15. The van der Waals surface area contributed by atoms with Gasteiger partial charge in [0.1, 0.15) is 29.4 Å². The largest absolute Gasteiger partial charge is 0.507 e. The van der Waals surface area contributed by atoms with Gasteiger partial charge in [-0.05, 0) is 18.1 Å². The number of hydrogen-bond acceptors (Lipinski definition) is 7. The molecule has 0 bridgehead atoms. The van der Waals surface area contributed by atoms with Gasteiger partial charge in [0.15, 0.2) is 0 Å². The van der Waals surface area contributed by atoms with Crippen molar-refractivity contribution < 1.29 is 38.8 Å². The Balaban J connectivity index is 2.53. The molecule has 0 aromatic heterocycles. The number of phenolic OH excluding ortho intramolecular Hbond substituents is 1. The van der Waals surface area contributed by atoms with Crippen LogP contribution in [0.1, 0.15) is 22.3 Å². The molecule has 2 rings (SSSR count). The molecular formula is C16H15FO7. The first-order valence-corrected chi connectivity index (χ1v) is 6.89. The zero-order chi connectivity index (χ0) is 17.9. The number of fused-ring (bicyclic) bond motifs is 1. The van der Waals surface area contributed by atoms with Crippen molar-refractivity contribution in [1.29, 1.82) is 0 Å². The molecule has 2 atom stereocenters. The van der Waals surface area contributed by atoms with Gasteiger partial charge in [0.05, 0.1) is 13.2 Å². The molecule has 0 saturated carbocycles. The number of rotatable bonds is 1. The third-order valence-corrected chi connectivity index (χ3v) is 3.37. The van der Waals surface area contributed by atoms with Crippen molar-refractivity contribution in [2.24, 2.45) is 0 Å². The number of aliphatic hydroxyl groups is 2. The van der Waals surface area contributed by atoms with E-state index in [2.05, 4.69) is 4.74 Å². The number of benzene rings is 1. The number of carbonyl (C=O) groups excluding carboxylic acids is 2. The van der Waals surface area contributed by atoms with Gasteiger partial charge >= 0.3 is 5.97 Å². The standard InChI is InChI=1S/C16H15FO7/c1-23-9-5-8-3-2-4-11(18)15(21)14(20)10(17)7-24-16(22)13(8)12(19)6-9/h2-3,5-7,11,15,18-19,21H,4H2,1H3/b3-2+,10-7-/t11-,15-/m0/s1. The molecule has 0 radical (unpaired) electrons. The monoisotopic (exact) mass is 338 g/mol. The molecule has 24 heavy (non-hydrogen) atoms. The van der Waals surface area contributed by atoms with Crippen molar-refractivity contribution in [2.45, 2.75) is 18.6 Å². The number of esters is 1. The van der Waals surface area contributed by atoms with E-state index in [1.165, 1.54) is 31.4 Å². The van der Waals surface area contributed by atoms with Crippen molar-refractivity contribution in [3.8, 4) is 11.5 Å². The summed E-state index contributed by atoms with van der Waals surface area (Å²) in [5.41, 5.74) is -0.0709. The fraction of sp³-hybridized carbons (Fsp3) is 0.250. The first-order valence-electron chi connectivity index (χ1n) is 6.89. The van der Waals surface area contributed by atoms with E-state index in [0.717, 1.165) is 0 Å². The SMILES string of the molecule is COc1cc(O)c2c(c1)/C=C/C[C@H](O)[C@H](O)C(=O)/C(F)=C/OC2=O. The minimum atomic E-state index is -2.00. The minimum Gasteiger partial charge on any atom is -0.507 e. The summed E-state index contributed by atoms with van der Waals surface area (Å²) < 4.78 is 23.1. The highest BCUT2D eigenvalue weighted by Crippen LogP contribution is 2.30. The highest BCUT2D eigenvalue weighted by Gasteiger charge is 2.28. The Morgan fingerprint density at radius 1 is 1.29 bits per heavy atom. The van der Waals surface area contributed by atoms with Crippen LogP contribution in [-0.4, -0.2) is 46.4 Å². The fourth-order valence-electron chi connectivity index (χ4n) is 2.10. The quantitative estimate of drug-likeness (QED) is 0.657. The number of ketones is 1. The second-order valence-corrected chi connectivity index (χ2v) is 5.00. The average molecular weight is 338 g/mol. The predicted octanol–water partition coefficient (Wildman–Crippen LogP) is 1.08. The van der Waals surface area contributed by atoms with Crippen LogP contribution in [0, 0.1) is 0 Å². The summed E-state index contributed by atoms with van der Waals surface area (Å²) in [5, 5.41) is 29.3. The Hall–Kier alpha value is -2.71. The Morgan fingerprint density at radius 3 is 2.67 bits per heavy atom. The normalized spacial score (nSPS) is 25.4. The Morgan fingerprint density at radius 2 is 2.00 bits per heavy atom. The first kappa shape index (κ1) is 17.6. The van der Waals surface area contributed by atoms with Gasteiger partial charge in [-0.1, -0.05) is 12.2 Å². The van der Waals surface area contributed by atoms with Crippen LogP contribution in [-0.2, 0) is 9.53 Å². The van der Waals surface area contributed by atoms with Gasteiger partial charge in [0.2, 0.25) is 11.6 Å². The Bertz CT molecular complexity index is 723. The third kappa shape index (κ3) is 3.61. The summed E-state index contributed by atoms with van der Waals surface area (Å²) in [6.45, 7) is 0. The van der Waals surface area contributed by atoms with E-state index in [0.29, 0.717) is 0 Å². The van der Waals surface area contributed by atoms with E-state index < -0.39 is 35.5 Å². The van der Waals surface area contributed by atoms with Crippen LogP contribution in [0.25, 0.3) is 6.08 Å². The van der Waals surface area contributed by atoms with Crippen molar-refractivity contribution >= 4 is 17.8 Å². The van der Waals surface area contributed by atoms with Gasteiger partial charge in [0, 0.05) is 6.07 Å². The van der Waals surface area contributed by atoms with Gasteiger partial charge in [-0.2, -0.15) is 4.39 Å². The molecule has 8 heteroatoms. The van der Waals surface area contributed by atoms with Gasteiger partial charge in [0.25, 0.3) is 0 Å². The van der Waals surface area contributed by atoms with E-state index >= 15 is 0 Å².